The molecule has 9 heteroatoms. The number of imidazole rings is 1. The Bertz CT molecular complexity index is 1030. The minimum absolute atomic E-state index is 0.256. The Balaban J connectivity index is 1.57. The van der Waals surface area contributed by atoms with Gasteiger partial charge < -0.3 is 0 Å². The van der Waals surface area contributed by atoms with E-state index in [-0.39, 0.29) is 5.92 Å². The molecule has 3 aromatic heterocycles. The smallest absolute Gasteiger partial charge is 0.234 e. The first-order chi connectivity index (χ1) is 12.5. The monoisotopic (exact) mass is 372 g/mol. The Kier molecular flexibility index (Phi) is 4.41. The molecular formula is C17H20N6O2S. The second-order valence-electron chi connectivity index (χ2n) is 6.66. The summed E-state index contributed by atoms with van der Waals surface area (Å²) in [7, 11) is -3.14. The molecule has 0 saturated carbocycles. The van der Waals surface area contributed by atoms with E-state index in [9.17, 15) is 8.42 Å². The van der Waals surface area contributed by atoms with Gasteiger partial charge in [-0.25, -0.2) is 27.7 Å². The second kappa shape index (κ2) is 6.73. The molecule has 8 nitrogen and oxygen atoms in total. The molecule has 1 unspecified atom stereocenters. The highest BCUT2D eigenvalue weighted by molar-refractivity contribution is 7.88. The molecular weight excluding hydrogens is 352 g/mol. The van der Waals surface area contributed by atoms with E-state index in [0.29, 0.717) is 25.3 Å². The lowest BCUT2D eigenvalue weighted by atomic mass is 9.95. The number of aromatic nitrogens is 5. The number of fused-ring (bicyclic) bond motifs is 1. The van der Waals surface area contributed by atoms with E-state index in [1.54, 1.807) is 29.1 Å². The van der Waals surface area contributed by atoms with Gasteiger partial charge in [0, 0.05) is 31.7 Å². The number of nitrogens with zero attached hydrogens (tertiary/aromatic N) is 6. The predicted octanol–water partition coefficient (Wildman–Crippen LogP) is 1.40. The molecule has 3 aromatic rings. The van der Waals surface area contributed by atoms with Crippen LogP contribution >= 0.6 is 0 Å². The minimum atomic E-state index is -3.14. The second-order valence-corrected chi connectivity index (χ2v) is 8.64. The summed E-state index contributed by atoms with van der Waals surface area (Å²) in [4.78, 5) is 17.6. The van der Waals surface area contributed by atoms with Gasteiger partial charge in [0.25, 0.3) is 0 Å². The number of piperidine rings is 1. The van der Waals surface area contributed by atoms with Crippen molar-refractivity contribution in [1.29, 1.82) is 0 Å². The molecule has 0 aromatic carbocycles. The molecule has 4 heterocycles. The topological polar surface area (TPSA) is 93.4 Å². The van der Waals surface area contributed by atoms with Crippen molar-refractivity contribution in [2.24, 2.45) is 5.92 Å². The van der Waals surface area contributed by atoms with Crippen LogP contribution in [0.4, 0.5) is 0 Å². The number of hydrogen-bond donors (Lipinski definition) is 0. The lowest BCUT2D eigenvalue weighted by Crippen LogP contribution is -2.39. The average Bonchev–Trinajstić information content (AvgIpc) is 3.06. The van der Waals surface area contributed by atoms with Gasteiger partial charge in [0.2, 0.25) is 15.8 Å². The van der Waals surface area contributed by atoms with Crippen molar-refractivity contribution >= 4 is 15.8 Å². The summed E-state index contributed by atoms with van der Waals surface area (Å²) in [5.74, 6) is 0.873. The van der Waals surface area contributed by atoms with Crippen LogP contribution in [0, 0.1) is 5.92 Å². The van der Waals surface area contributed by atoms with Crippen LogP contribution in [0.15, 0.2) is 37.1 Å². The van der Waals surface area contributed by atoms with E-state index in [4.69, 9.17) is 4.98 Å². The zero-order chi connectivity index (χ0) is 18.1. The highest BCUT2D eigenvalue weighted by Crippen LogP contribution is 2.23. The summed E-state index contributed by atoms with van der Waals surface area (Å²) in [6.45, 7) is 1.15. The first-order valence-electron chi connectivity index (χ1n) is 8.55. The minimum Gasteiger partial charge on any atom is -0.282 e. The molecule has 0 radical (unpaired) electrons. The van der Waals surface area contributed by atoms with Crippen LogP contribution in [0.25, 0.3) is 17.2 Å². The normalized spacial score (nSPS) is 19.0. The molecule has 26 heavy (non-hydrogen) atoms. The molecule has 1 aliphatic rings. The number of sulfonamides is 1. The number of rotatable bonds is 4. The lowest BCUT2D eigenvalue weighted by molar-refractivity contribution is 0.265. The molecule has 1 atom stereocenters. The fourth-order valence-electron chi connectivity index (χ4n) is 3.44. The SMILES string of the molecule is CS(=O)(=O)N1CCCC(Cc2cncc(-c3cnc4ncccn34)n2)C1. The fraction of sp³-hybridized carbons (Fsp3) is 0.412. The van der Waals surface area contributed by atoms with Crippen molar-refractivity contribution in [2.45, 2.75) is 19.3 Å². The number of hydrogen-bond acceptors (Lipinski definition) is 6. The maximum atomic E-state index is 11.8. The third-order valence-corrected chi connectivity index (χ3v) is 5.95. The van der Waals surface area contributed by atoms with E-state index >= 15 is 0 Å². The van der Waals surface area contributed by atoms with Gasteiger partial charge in [-0.3, -0.25) is 9.38 Å². The summed E-state index contributed by atoms with van der Waals surface area (Å²) >= 11 is 0. The molecule has 0 spiro atoms. The van der Waals surface area contributed by atoms with Crippen LogP contribution in [0.5, 0.6) is 0 Å². The van der Waals surface area contributed by atoms with Gasteiger partial charge in [-0.1, -0.05) is 0 Å². The lowest BCUT2D eigenvalue weighted by Gasteiger charge is -2.30. The summed E-state index contributed by atoms with van der Waals surface area (Å²) in [5, 5.41) is 0. The Labute approximate surface area is 152 Å². The molecule has 1 fully saturated rings. The van der Waals surface area contributed by atoms with Crippen molar-refractivity contribution in [1.82, 2.24) is 28.6 Å². The van der Waals surface area contributed by atoms with Gasteiger partial charge in [0.05, 0.1) is 30.0 Å². The highest BCUT2D eigenvalue weighted by Gasteiger charge is 2.26. The van der Waals surface area contributed by atoms with Crippen LogP contribution < -0.4 is 0 Å². The van der Waals surface area contributed by atoms with Gasteiger partial charge in [0.1, 0.15) is 5.69 Å². The van der Waals surface area contributed by atoms with Crippen molar-refractivity contribution in [3.8, 4) is 11.4 Å². The Morgan fingerprint density at radius 2 is 2.12 bits per heavy atom. The summed E-state index contributed by atoms with van der Waals surface area (Å²) in [6, 6.07) is 1.84. The zero-order valence-corrected chi connectivity index (χ0v) is 15.3. The van der Waals surface area contributed by atoms with E-state index in [2.05, 4.69) is 15.0 Å². The molecule has 1 aliphatic heterocycles. The Hall–Kier alpha value is -2.39. The van der Waals surface area contributed by atoms with Crippen LogP contribution in [0.2, 0.25) is 0 Å². The van der Waals surface area contributed by atoms with Crippen molar-refractivity contribution in [3.05, 3.63) is 42.7 Å². The molecule has 4 rings (SSSR count). The third-order valence-electron chi connectivity index (χ3n) is 4.68. The van der Waals surface area contributed by atoms with Gasteiger partial charge in [-0.2, -0.15) is 0 Å². The van der Waals surface area contributed by atoms with Gasteiger partial charge in [-0.05, 0) is 31.2 Å². The zero-order valence-electron chi connectivity index (χ0n) is 14.5. The first kappa shape index (κ1) is 17.0. The van der Waals surface area contributed by atoms with Crippen LogP contribution in [-0.2, 0) is 16.4 Å². The summed E-state index contributed by atoms with van der Waals surface area (Å²) in [5.41, 5.74) is 2.43. The van der Waals surface area contributed by atoms with Crippen LogP contribution in [-0.4, -0.2) is 56.4 Å². The predicted molar refractivity (Wildman–Crippen MR) is 96.9 cm³/mol. The standard InChI is InChI=1S/C17H20N6O2S/c1-26(24,25)22-6-2-4-13(12-22)8-14-9-18-10-15(21-14)16-11-20-17-19-5-3-7-23(16)17/h3,5,7,9-11,13H,2,4,6,8,12H2,1H3. The van der Waals surface area contributed by atoms with E-state index < -0.39 is 10.0 Å². The van der Waals surface area contributed by atoms with Gasteiger partial charge in [-0.15, -0.1) is 0 Å². The quantitative estimate of drug-likeness (QED) is 0.687. The Morgan fingerprint density at radius 3 is 2.96 bits per heavy atom. The van der Waals surface area contributed by atoms with Gasteiger partial charge >= 0.3 is 0 Å². The highest BCUT2D eigenvalue weighted by atomic mass is 32.2. The third kappa shape index (κ3) is 3.45. The maximum Gasteiger partial charge on any atom is 0.234 e. The molecule has 0 N–H and O–H groups in total. The van der Waals surface area contributed by atoms with E-state index in [0.717, 1.165) is 29.9 Å². The van der Waals surface area contributed by atoms with Crippen LogP contribution in [0.3, 0.4) is 0 Å². The maximum absolute atomic E-state index is 11.8. The molecule has 136 valence electrons. The molecule has 0 bridgehead atoms. The van der Waals surface area contributed by atoms with Crippen LogP contribution in [0.1, 0.15) is 18.5 Å². The molecule has 0 aliphatic carbocycles. The summed E-state index contributed by atoms with van der Waals surface area (Å²) in [6.07, 6.45) is 12.7. The Morgan fingerprint density at radius 1 is 1.23 bits per heavy atom. The van der Waals surface area contributed by atoms with Crippen molar-refractivity contribution < 1.29 is 8.42 Å². The average molecular weight is 372 g/mol. The fourth-order valence-corrected chi connectivity index (χ4v) is 4.38. The van der Waals surface area contributed by atoms with E-state index in [1.807, 2.05) is 16.7 Å². The van der Waals surface area contributed by atoms with E-state index in [1.165, 1.54) is 6.26 Å². The van der Waals surface area contributed by atoms with Crippen molar-refractivity contribution in [2.75, 3.05) is 19.3 Å². The largest absolute Gasteiger partial charge is 0.282 e. The van der Waals surface area contributed by atoms with Gasteiger partial charge in [0.15, 0.2) is 0 Å². The molecule has 1 saturated heterocycles. The first-order valence-corrected chi connectivity index (χ1v) is 10.4. The molecule has 0 amide bonds. The van der Waals surface area contributed by atoms with Crippen molar-refractivity contribution in [3.63, 3.8) is 0 Å². The summed E-state index contributed by atoms with van der Waals surface area (Å²) < 4.78 is 27.0.